The van der Waals surface area contributed by atoms with Gasteiger partial charge >= 0.3 is 0 Å². The molecule has 5 N–H and O–H groups in total. The molecule has 0 aliphatic rings. The van der Waals surface area contributed by atoms with Crippen molar-refractivity contribution < 1.29 is 13.2 Å². The number of carbonyl (C=O) groups is 1. The molecular weight excluding hydrogens is 314 g/mol. The molecule has 0 spiro atoms. The largest absolute Gasteiger partial charge is 0.397 e. The third kappa shape index (κ3) is 3.45. The molecule has 0 aliphatic carbocycles. The second-order valence-electron chi connectivity index (χ2n) is 4.23. The number of nitrogens with one attached hydrogen (secondary N) is 1. The summed E-state index contributed by atoms with van der Waals surface area (Å²) in [5, 5.41) is 0.278. The molecule has 0 aliphatic heterocycles. The fourth-order valence-corrected chi connectivity index (χ4v) is 2.82. The lowest BCUT2D eigenvalue weighted by Gasteiger charge is -2.09. The van der Waals surface area contributed by atoms with Crippen LogP contribution in [0, 0.1) is 0 Å². The van der Waals surface area contributed by atoms with Gasteiger partial charge in [-0.25, -0.2) is 8.42 Å². The number of hydrogen-bond donors (Lipinski definition) is 3. The van der Waals surface area contributed by atoms with Gasteiger partial charge < -0.3 is 11.5 Å². The van der Waals surface area contributed by atoms with Crippen LogP contribution in [-0.2, 0) is 10.0 Å². The topological polar surface area (TPSA) is 115 Å². The van der Waals surface area contributed by atoms with Crippen molar-refractivity contribution in [2.24, 2.45) is 5.73 Å². The number of sulfonamides is 1. The highest BCUT2D eigenvalue weighted by Crippen LogP contribution is 2.24. The van der Waals surface area contributed by atoms with Crippen molar-refractivity contribution in [2.75, 3.05) is 10.5 Å². The summed E-state index contributed by atoms with van der Waals surface area (Å²) in [6.45, 7) is 0. The van der Waals surface area contributed by atoms with Gasteiger partial charge in [0.2, 0.25) is 5.91 Å². The minimum absolute atomic E-state index is 0.0108. The average Bonchev–Trinajstić information content (AvgIpc) is 2.42. The van der Waals surface area contributed by atoms with E-state index in [0.29, 0.717) is 5.69 Å². The van der Waals surface area contributed by atoms with Gasteiger partial charge in [-0.05, 0) is 42.5 Å². The molecule has 0 saturated heterocycles. The molecule has 0 radical (unpaired) electrons. The molecule has 2 aromatic carbocycles. The predicted octanol–water partition coefficient (Wildman–Crippen LogP) is 1.82. The fourth-order valence-electron chi connectivity index (χ4n) is 1.61. The molecule has 0 bridgehead atoms. The highest BCUT2D eigenvalue weighted by atomic mass is 35.5. The molecule has 2 rings (SSSR count). The first-order chi connectivity index (χ1) is 9.79. The molecule has 110 valence electrons. The van der Waals surface area contributed by atoms with Crippen molar-refractivity contribution in [2.45, 2.75) is 4.90 Å². The lowest BCUT2D eigenvalue weighted by Crippen LogP contribution is -2.14. The minimum Gasteiger partial charge on any atom is -0.397 e. The van der Waals surface area contributed by atoms with Crippen LogP contribution in [0.2, 0.25) is 5.02 Å². The number of halogens is 1. The third-order valence-electron chi connectivity index (χ3n) is 2.70. The number of rotatable bonds is 4. The molecule has 0 aromatic heterocycles. The van der Waals surface area contributed by atoms with E-state index in [4.69, 9.17) is 23.1 Å². The van der Waals surface area contributed by atoms with Crippen molar-refractivity contribution in [1.82, 2.24) is 0 Å². The molecule has 0 unspecified atom stereocenters. The van der Waals surface area contributed by atoms with Crippen molar-refractivity contribution in [3.05, 3.63) is 53.1 Å². The van der Waals surface area contributed by atoms with E-state index in [1.807, 2.05) is 0 Å². The van der Waals surface area contributed by atoms with E-state index < -0.39 is 15.9 Å². The Bertz CT molecular complexity index is 789. The van der Waals surface area contributed by atoms with Crippen LogP contribution in [0.15, 0.2) is 47.4 Å². The lowest BCUT2D eigenvalue weighted by atomic mass is 10.2. The van der Waals surface area contributed by atoms with Gasteiger partial charge in [0.25, 0.3) is 10.0 Å². The van der Waals surface area contributed by atoms with Crippen molar-refractivity contribution in [3.8, 4) is 0 Å². The SMILES string of the molecule is NC(=O)c1ccc(NS(=O)(=O)c2ccc(Cl)c(N)c2)cc1. The van der Waals surface area contributed by atoms with E-state index in [1.165, 1.54) is 42.5 Å². The number of nitrogens with two attached hydrogens (primary N) is 2. The normalized spacial score (nSPS) is 11.1. The van der Waals surface area contributed by atoms with E-state index in [9.17, 15) is 13.2 Å². The number of carbonyl (C=O) groups excluding carboxylic acids is 1. The molecule has 0 heterocycles. The summed E-state index contributed by atoms with van der Waals surface area (Å²) in [4.78, 5) is 10.9. The van der Waals surface area contributed by atoms with E-state index in [0.717, 1.165) is 0 Å². The standard InChI is InChI=1S/C13H12ClN3O3S/c14-11-6-5-10(7-12(11)15)21(19,20)17-9-3-1-8(2-4-9)13(16)18/h1-7,17H,15H2,(H2,16,18). The van der Waals surface area contributed by atoms with Crippen molar-refractivity contribution in [1.29, 1.82) is 0 Å². The lowest BCUT2D eigenvalue weighted by molar-refractivity contribution is 0.100. The van der Waals surface area contributed by atoms with Gasteiger partial charge in [0.15, 0.2) is 0 Å². The quantitative estimate of drug-likeness (QED) is 0.743. The first-order valence-electron chi connectivity index (χ1n) is 5.77. The van der Waals surface area contributed by atoms with Gasteiger partial charge in [0.05, 0.1) is 15.6 Å². The summed E-state index contributed by atoms with van der Waals surface area (Å²) in [5.74, 6) is -0.588. The summed E-state index contributed by atoms with van der Waals surface area (Å²) >= 11 is 5.75. The molecule has 21 heavy (non-hydrogen) atoms. The molecule has 0 fully saturated rings. The zero-order valence-electron chi connectivity index (χ0n) is 10.7. The Hall–Kier alpha value is -2.25. The highest BCUT2D eigenvalue weighted by Gasteiger charge is 2.15. The van der Waals surface area contributed by atoms with Crippen LogP contribution in [0.5, 0.6) is 0 Å². The number of primary amides is 1. The van der Waals surface area contributed by atoms with Crippen LogP contribution in [0.1, 0.15) is 10.4 Å². The van der Waals surface area contributed by atoms with Gasteiger partial charge in [0, 0.05) is 11.3 Å². The van der Waals surface area contributed by atoms with Crippen LogP contribution in [-0.4, -0.2) is 14.3 Å². The summed E-state index contributed by atoms with van der Waals surface area (Å²) in [5.41, 5.74) is 11.5. The van der Waals surface area contributed by atoms with Crippen molar-refractivity contribution >= 4 is 38.9 Å². The fraction of sp³-hybridized carbons (Fsp3) is 0. The zero-order chi connectivity index (χ0) is 15.6. The van der Waals surface area contributed by atoms with Crippen LogP contribution >= 0.6 is 11.6 Å². The Morgan fingerprint density at radius 3 is 2.24 bits per heavy atom. The summed E-state index contributed by atoms with van der Waals surface area (Å²) < 4.78 is 26.7. The van der Waals surface area contributed by atoms with Gasteiger partial charge in [-0.15, -0.1) is 0 Å². The van der Waals surface area contributed by atoms with E-state index >= 15 is 0 Å². The molecule has 8 heteroatoms. The summed E-state index contributed by atoms with van der Waals surface area (Å²) in [7, 11) is -3.79. The van der Waals surface area contributed by atoms with Crippen LogP contribution in [0.3, 0.4) is 0 Å². The van der Waals surface area contributed by atoms with Crippen LogP contribution in [0.4, 0.5) is 11.4 Å². The number of nitrogen functional groups attached to an aromatic ring is 1. The Morgan fingerprint density at radius 1 is 1.10 bits per heavy atom. The predicted molar refractivity (Wildman–Crippen MR) is 81.6 cm³/mol. The maximum Gasteiger partial charge on any atom is 0.261 e. The molecule has 6 nitrogen and oxygen atoms in total. The van der Waals surface area contributed by atoms with Crippen molar-refractivity contribution in [3.63, 3.8) is 0 Å². The van der Waals surface area contributed by atoms with E-state index in [2.05, 4.69) is 4.72 Å². The Morgan fingerprint density at radius 2 is 1.71 bits per heavy atom. The molecule has 1 amide bonds. The van der Waals surface area contributed by atoms with Crippen LogP contribution in [0.25, 0.3) is 0 Å². The highest BCUT2D eigenvalue weighted by molar-refractivity contribution is 7.92. The van der Waals surface area contributed by atoms with Gasteiger partial charge in [-0.3, -0.25) is 9.52 Å². The summed E-state index contributed by atoms with van der Waals surface area (Å²) in [6.07, 6.45) is 0. The Kier molecular flexibility index (Phi) is 4.06. The van der Waals surface area contributed by atoms with Gasteiger partial charge in [-0.2, -0.15) is 0 Å². The Labute approximate surface area is 126 Å². The number of hydrogen-bond acceptors (Lipinski definition) is 4. The maximum absolute atomic E-state index is 12.2. The second kappa shape index (κ2) is 5.63. The van der Waals surface area contributed by atoms with Gasteiger partial charge in [0.1, 0.15) is 0 Å². The molecule has 0 atom stereocenters. The van der Waals surface area contributed by atoms with Gasteiger partial charge in [-0.1, -0.05) is 11.6 Å². The second-order valence-corrected chi connectivity index (χ2v) is 6.32. The third-order valence-corrected chi connectivity index (χ3v) is 4.42. The minimum atomic E-state index is -3.79. The average molecular weight is 326 g/mol. The van der Waals surface area contributed by atoms with E-state index in [-0.39, 0.29) is 21.2 Å². The summed E-state index contributed by atoms with van der Waals surface area (Å²) in [6, 6.07) is 9.75. The zero-order valence-corrected chi connectivity index (χ0v) is 12.3. The molecular formula is C13H12ClN3O3S. The van der Waals surface area contributed by atoms with E-state index in [1.54, 1.807) is 0 Å². The first kappa shape index (κ1) is 15.1. The molecule has 2 aromatic rings. The smallest absolute Gasteiger partial charge is 0.261 e. The number of anilines is 2. The maximum atomic E-state index is 12.2. The number of amides is 1. The first-order valence-corrected chi connectivity index (χ1v) is 7.63. The molecule has 0 saturated carbocycles. The Balaban J connectivity index is 2.28. The number of benzene rings is 2. The van der Waals surface area contributed by atoms with Crippen LogP contribution < -0.4 is 16.2 Å². The monoisotopic (exact) mass is 325 g/mol.